The monoisotopic (exact) mass is 807 g/mol. The van der Waals surface area contributed by atoms with Gasteiger partial charge >= 0.3 is 5.97 Å². The average Bonchev–Trinajstić information content (AvgIpc) is 3.73. The van der Waals surface area contributed by atoms with Crippen molar-refractivity contribution in [2.45, 2.75) is 104 Å². The Balaban J connectivity index is 0.950. The van der Waals surface area contributed by atoms with Crippen LogP contribution in [-0.4, -0.2) is 83.1 Å². The highest BCUT2D eigenvalue weighted by Gasteiger charge is 2.66. The van der Waals surface area contributed by atoms with Gasteiger partial charge in [0.1, 0.15) is 11.5 Å². The SMILES string of the molecule is Cc1c(Nc2nc3ccccc3s2)nnc2c1CCCN2c1ccc(-c2cnn(CC34CC5(C)CC(C)(C3)CC(OCCNCCC(=O)O)(C5)C4)c2C)c(C(O)O)n1. The highest BCUT2D eigenvalue weighted by atomic mass is 32.1. The second-order valence-electron chi connectivity index (χ2n) is 18.2. The maximum absolute atomic E-state index is 10.9. The molecular formula is C43H53N9O5S. The van der Waals surface area contributed by atoms with Crippen LogP contribution in [0.25, 0.3) is 21.3 Å². The lowest BCUT2D eigenvalue weighted by Crippen LogP contribution is -2.64. The first-order valence-electron chi connectivity index (χ1n) is 20.5. The van der Waals surface area contributed by atoms with E-state index in [0.717, 1.165) is 95.0 Å². The Morgan fingerprint density at radius 3 is 2.52 bits per heavy atom. The molecule has 0 saturated heterocycles. The number of anilines is 4. The summed E-state index contributed by atoms with van der Waals surface area (Å²) in [6.07, 6.45) is 8.32. The van der Waals surface area contributed by atoms with Crippen molar-refractivity contribution in [3.8, 4) is 11.1 Å². The number of hydrogen-bond donors (Lipinski definition) is 5. The molecule has 0 spiro atoms. The standard InChI is InChI=1S/C43H53N9O5S/c1-26-28-8-7-16-51(37(28)50-49-36(26)48-39-46-31-9-5-6-10-32(31)58-39)33-12-11-29(35(47-33)38(55)56)30-18-45-52(27(30)2)25-42-20-40(3)19-41(4,21-42)23-43(22-40,24-42)57-17-15-44-14-13-34(53)54/h5-6,9-12,18,38,44,55-56H,7-8,13-17,19-25H2,1-4H3,(H,53,54)(H,46,48,49). The highest BCUT2D eigenvalue weighted by Crippen LogP contribution is 2.72. The molecular weight excluding hydrogens is 755 g/mol. The van der Waals surface area contributed by atoms with Crippen LogP contribution in [0.4, 0.5) is 22.6 Å². The van der Waals surface area contributed by atoms with Crippen molar-refractivity contribution < 1.29 is 24.9 Å². The van der Waals surface area contributed by atoms with Crippen molar-refractivity contribution in [1.29, 1.82) is 0 Å². The van der Waals surface area contributed by atoms with Crippen LogP contribution < -0.4 is 15.5 Å². The first-order chi connectivity index (χ1) is 27.7. The van der Waals surface area contributed by atoms with Gasteiger partial charge in [0.2, 0.25) is 0 Å². The molecule has 15 heteroatoms. The lowest BCUT2D eigenvalue weighted by Gasteiger charge is -2.69. The van der Waals surface area contributed by atoms with Crippen LogP contribution in [0.5, 0.6) is 0 Å². The molecule has 5 aliphatic rings. The lowest BCUT2D eigenvalue weighted by molar-refractivity contribution is -0.247. The second kappa shape index (κ2) is 14.6. The van der Waals surface area contributed by atoms with E-state index in [2.05, 4.69) is 59.3 Å². The number of pyridine rings is 1. The summed E-state index contributed by atoms with van der Waals surface area (Å²) < 4.78 is 10.0. The molecule has 14 nitrogen and oxygen atoms in total. The number of aliphatic carboxylic acids is 1. The summed E-state index contributed by atoms with van der Waals surface area (Å²) in [4.78, 5) is 22.6. The van der Waals surface area contributed by atoms with E-state index in [9.17, 15) is 15.0 Å². The Bertz CT molecular complexity index is 2330. The van der Waals surface area contributed by atoms with Crippen LogP contribution >= 0.6 is 11.3 Å². The van der Waals surface area contributed by atoms with Crippen molar-refractivity contribution in [2.24, 2.45) is 16.2 Å². The Labute approximate surface area is 342 Å². The number of aliphatic hydroxyl groups excluding tert-OH is 1. The zero-order chi connectivity index (χ0) is 40.5. The summed E-state index contributed by atoms with van der Waals surface area (Å²) in [7, 11) is 0. The van der Waals surface area contributed by atoms with E-state index >= 15 is 0 Å². The summed E-state index contributed by atoms with van der Waals surface area (Å²) in [5.41, 5.74) is 5.73. The molecule has 4 aliphatic carbocycles. The fourth-order valence-electron chi connectivity index (χ4n) is 12.0. The number of rotatable bonds is 14. The third-order valence-corrected chi connectivity index (χ3v) is 14.0. The number of hydrogen-bond acceptors (Lipinski definition) is 13. The third-order valence-electron chi connectivity index (χ3n) is 13.1. The molecule has 1 aromatic carbocycles. The van der Waals surface area contributed by atoms with Crippen molar-refractivity contribution in [3.05, 3.63) is 65.1 Å². The van der Waals surface area contributed by atoms with E-state index in [1.807, 2.05) is 41.4 Å². The van der Waals surface area contributed by atoms with E-state index in [1.165, 1.54) is 6.42 Å². The van der Waals surface area contributed by atoms with Crippen LogP contribution in [-0.2, 0) is 22.5 Å². The van der Waals surface area contributed by atoms with Crippen LogP contribution in [0.15, 0.2) is 42.6 Å². The fourth-order valence-corrected chi connectivity index (χ4v) is 12.9. The van der Waals surface area contributed by atoms with E-state index in [-0.39, 0.29) is 34.0 Å². The summed E-state index contributed by atoms with van der Waals surface area (Å²) in [6.45, 7) is 12.0. The van der Waals surface area contributed by atoms with Crippen molar-refractivity contribution >= 4 is 50.1 Å². The first-order valence-corrected chi connectivity index (χ1v) is 21.3. The third kappa shape index (κ3) is 7.25. The van der Waals surface area contributed by atoms with Gasteiger partial charge in [0.05, 0.1) is 35.0 Å². The fraction of sp³-hybridized carbons (Fsp3) is 0.535. The van der Waals surface area contributed by atoms with Crippen LogP contribution in [0.3, 0.4) is 0 Å². The van der Waals surface area contributed by atoms with Crippen LogP contribution in [0.1, 0.15) is 94.0 Å². The summed E-state index contributed by atoms with van der Waals surface area (Å²) >= 11 is 1.58. The second-order valence-corrected chi connectivity index (χ2v) is 19.3. The molecule has 2 atom stereocenters. The maximum atomic E-state index is 10.9. The molecule has 4 saturated carbocycles. The summed E-state index contributed by atoms with van der Waals surface area (Å²) in [5.74, 6) is 1.17. The van der Waals surface area contributed by atoms with Gasteiger partial charge in [0, 0.05) is 54.1 Å². The molecule has 0 radical (unpaired) electrons. The number of nitrogens with one attached hydrogen (secondary N) is 2. The summed E-state index contributed by atoms with van der Waals surface area (Å²) in [5, 5.41) is 52.1. The number of para-hydroxylation sites is 1. The summed E-state index contributed by atoms with van der Waals surface area (Å²) in [6, 6.07) is 11.9. The first kappa shape index (κ1) is 38.9. The number of nitrogens with zero attached hydrogens (tertiary/aromatic N) is 7. The number of thiazole rings is 1. The predicted molar refractivity (Wildman–Crippen MR) is 223 cm³/mol. The van der Waals surface area contributed by atoms with Crippen molar-refractivity contribution in [1.82, 2.24) is 35.3 Å². The van der Waals surface area contributed by atoms with Gasteiger partial charge in [0.15, 0.2) is 23.1 Å². The van der Waals surface area contributed by atoms with E-state index in [0.29, 0.717) is 43.4 Å². The zero-order valence-corrected chi connectivity index (χ0v) is 34.5. The Hall–Kier alpha value is -4.54. The predicted octanol–water partition coefficient (Wildman–Crippen LogP) is 6.97. The average molecular weight is 808 g/mol. The minimum absolute atomic E-state index is 0.00899. The molecule has 306 valence electrons. The quantitative estimate of drug-likeness (QED) is 0.0573. The van der Waals surface area contributed by atoms with Gasteiger partial charge in [-0.2, -0.15) is 5.10 Å². The number of fused-ring (bicyclic) bond motifs is 2. The normalized spacial score (nSPS) is 26.2. The number of ether oxygens (including phenoxy) is 1. The number of aliphatic hydroxyl groups is 2. The molecule has 5 N–H and O–H groups in total. The van der Waals surface area contributed by atoms with Crippen molar-refractivity contribution in [2.75, 3.05) is 36.5 Å². The minimum atomic E-state index is -1.80. The Morgan fingerprint density at radius 1 is 0.966 bits per heavy atom. The number of benzene rings is 1. The largest absolute Gasteiger partial charge is 0.481 e. The smallest absolute Gasteiger partial charge is 0.304 e. The van der Waals surface area contributed by atoms with Crippen LogP contribution in [0.2, 0.25) is 0 Å². The molecule has 5 heterocycles. The molecule has 4 bridgehead atoms. The van der Waals surface area contributed by atoms with Gasteiger partial charge in [-0.25, -0.2) is 9.97 Å². The van der Waals surface area contributed by atoms with E-state index in [1.54, 1.807) is 11.3 Å². The van der Waals surface area contributed by atoms with Gasteiger partial charge in [-0.1, -0.05) is 37.3 Å². The van der Waals surface area contributed by atoms with Gasteiger partial charge < -0.3 is 35.6 Å². The van der Waals surface area contributed by atoms with Gasteiger partial charge in [-0.15, -0.1) is 10.2 Å². The Kier molecular flexibility index (Phi) is 9.82. The molecule has 10 rings (SSSR count). The number of carboxylic acid groups (broad SMARTS) is 1. The number of carbonyl (C=O) groups is 1. The molecule has 58 heavy (non-hydrogen) atoms. The lowest BCUT2D eigenvalue weighted by atomic mass is 9.39. The zero-order valence-electron chi connectivity index (χ0n) is 33.7. The number of aromatic nitrogens is 6. The molecule has 4 fully saturated rings. The topological polar surface area (TPSA) is 184 Å². The number of carboxylic acids is 1. The van der Waals surface area contributed by atoms with Crippen molar-refractivity contribution in [3.63, 3.8) is 0 Å². The van der Waals surface area contributed by atoms with Gasteiger partial charge in [-0.3, -0.25) is 9.48 Å². The highest BCUT2D eigenvalue weighted by molar-refractivity contribution is 7.22. The Morgan fingerprint density at radius 2 is 1.76 bits per heavy atom. The van der Waals surface area contributed by atoms with E-state index in [4.69, 9.17) is 24.9 Å². The van der Waals surface area contributed by atoms with Gasteiger partial charge in [-0.05, 0) is 106 Å². The molecule has 4 aromatic heterocycles. The van der Waals surface area contributed by atoms with Gasteiger partial charge in [0.25, 0.3) is 0 Å². The molecule has 5 aromatic rings. The molecule has 0 amide bonds. The van der Waals surface area contributed by atoms with Crippen LogP contribution in [0, 0.1) is 30.1 Å². The molecule has 1 aliphatic heterocycles. The maximum Gasteiger partial charge on any atom is 0.304 e. The molecule has 2 unspecified atom stereocenters. The minimum Gasteiger partial charge on any atom is -0.481 e. The van der Waals surface area contributed by atoms with E-state index < -0.39 is 12.3 Å².